The number of phenolic OH excluding ortho intramolecular Hbond substituents is 1. The number of hydrogen-bond donors (Lipinski definition) is 2. The Labute approximate surface area is 178 Å². The molecule has 6 heteroatoms. The van der Waals surface area contributed by atoms with E-state index in [2.05, 4.69) is 34.1 Å². The largest absolute Gasteiger partial charge is 0.507 e. The molecule has 3 rings (SSSR count). The Hall–Kier alpha value is -2.57. The van der Waals surface area contributed by atoms with E-state index < -0.39 is 12.1 Å². The lowest BCUT2D eigenvalue weighted by Gasteiger charge is -2.36. The van der Waals surface area contributed by atoms with Gasteiger partial charge >= 0.3 is 5.97 Å². The number of para-hydroxylation sites is 1. The summed E-state index contributed by atoms with van der Waals surface area (Å²) in [6.45, 7) is 7.17. The third-order valence-corrected chi connectivity index (χ3v) is 5.60. The van der Waals surface area contributed by atoms with E-state index in [1.54, 1.807) is 13.0 Å². The fraction of sp³-hybridized carbons (Fsp3) is 0.458. The summed E-state index contributed by atoms with van der Waals surface area (Å²) in [5.41, 5.74) is 2.02. The van der Waals surface area contributed by atoms with Crippen LogP contribution >= 0.6 is 0 Å². The molecule has 0 amide bonds. The monoisotopic (exact) mass is 412 g/mol. The molecule has 2 aromatic carbocycles. The molecule has 1 unspecified atom stereocenters. The second-order valence-electron chi connectivity index (χ2n) is 7.67. The molecule has 0 bridgehead atoms. The maximum atomic E-state index is 11.9. The first-order valence-corrected chi connectivity index (χ1v) is 10.8. The minimum Gasteiger partial charge on any atom is -0.507 e. The van der Waals surface area contributed by atoms with Gasteiger partial charge in [-0.05, 0) is 62.6 Å². The molecular formula is C24H32N2O4. The number of anilines is 1. The van der Waals surface area contributed by atoms with Crippen molar-refractivity contribution in [2.75, 3.05) is 44.2 Å². The first-order chi connectivity index (χ1) is 14.6. The zero-order chi connectivity index (χ0) is 21.3. The summed E-state index contributed by atoms with van der Waals surface area (Å²) in [7, 11) is 0. The number of piperazine rings is 1. The van der Waals surface area contributed by atoms with E-state index in [0.717, 1.165) is 45.6 Å². The lowest BCUT2D eigenvalue weighted by atomic mass is 10.0. The molecule has 1 aliphatic heterocycles. The zero-order valence-corrected chi connectivity index (χ0v) is 17.7. The van der Waals surface area contributed by atoms with Gasteiger partial charge in [-0.25, -0.2) is 4.79 Å². The van der Waals surface area contributed by atoms with Gasteiger partial charge < -0.3 is 19.8 Å². The van der Waals surface area contributed by atoms with E-state index in [4.69, 9.17) is 4.74 Å². The number of ether oxygens (including phenoxy) is 1. The van der Waals surface area contributed by atoms with Crippen LogP contribution in [0.2, 0.25) is 0 Å². The highest BCUT2D eigenvalue weighted by atomic mass is 16.5. The van der Waals surface area contributed by atoms with Gasteiger partial charge in [0.25, 0.3) is 0 Å². The van der Waals surface area contributed by atoms with E-state index in [1.807, 2.05) is 6.07 Å². The summed E-state index contributed by atoms with van der Waals surface area (Å²) in [6, 6.07) is 15.2. The Morgan fingerprint density at radius 2 is 1.80 bits per heavy atom. The van der Waals surface area contributed by atoms with Crippen LogP contribution in [0.5, 0.6) is 5.75 Å². The standard InChI is InChI=1S/C24H32N2O4/c1-2-30-24(29)21-18-19(11-12-23(21)28)22(27)10-6-7-13-25-14-16-26(17-15-25)20-8-4-3-5-9-20/h3-5,8-9,11-12,18,22,27-28H,2,6-7,10,13-17H2,1H3. The third kappa shape index (κ3) is 5.97. The van der Waals surface area contributed by atoms with E-state index in [0.29, 0.717) is 12.0 Å². The van der Waals surface area contributed by atoms with Crippen LogP contribution in [0.3, 0.4) is 0 Å². The maximum absolute atomic E-state index is 11.9. The Bertz CT molecular complexity index is 804. The first kappa shape index (κ1) is 22.1. The van der Waals surface area contributed by atoms with Crippen LogP contribution in [0.4, 0.5) is 5.69 Å². The van der Waals surface area contributed by atoms with E-state index in [-0.39, 0.29) is 17.9 Å². The molecule has 1 heterocycles. The van der Waals surface area contributed by atoms with Gasteiger partial charge in [0, 0.05) is 31.9 Å². The van der Waals surface area contributed by atoms with Gasteiger partial charge in [0.15, 0.2) is 0 Å². The SMILES string of the molecule is CCOC(=O)c1cc(C(O)CCCCN2CCN(c3ccccc3)CC2)ccc1O. The van der Waals surface area contributed by atoms with E-state index >= 15 is 0 Å². The van der Waals surface area contributed by atoms with Crippen LogP contribution < -0.4 is 4.90 Å². The molecule has 1 fully saturated rings. The van der Waals surface area contributed by atoms with Gasteiger partial charge in [0.05, 0.1) is 12.7 Å². The molecule has 0 radical (unpaired) electrons. The van der Waals surface area contributed by atoms with Crippen LogP contribution in [0, 0.1) is 0 Å². The van der Waals surface area contributed by atoms with Crippen molar-refractivity contribution in [1.29, 1.82) is 0 Å². The van der Waals surface area contributed by atoms with Crippen LogP contribution in [-0.4, -0.2) is 60.4 Å². The number of esters is 1. The number of phenols is 1. The fourth-order valence-corrected chi connectivity index (χ4v) is 3.84. The molecule has 162 valence electrons. The number of aliphatic hydroxyl groups excluding tert-OH is 1. The lowest BCUT2D eigenvalue weighted by molar-refractivity contribution is 0.0522. The lowest BCUT2D eigenvalue weighted by Crippen LogP contribution is -2.46. The Balaban J connectivity index is 1.40. The normalized spacial score (nSPS) is 15.7. The predicted molar refractivity (Wildman–Crippen MR) is 118 cm³/mol. The van der Waals surface area contributed by atoms with Crippen molar-refractivity contribution in [3.05, 3.63) is 59.7 Å². The quantitative estimate of drug-likeness (QED) is 0.484. The van der Waals surface area contributed by atoms with Crippen molar-refractivity contribution in [2.45, 2.75) is 32.3 Å². The molecule has 1 atom stereocenters. The number of unbranched alkanes of at least 4 members (excludes halogenated alkanes) is 1. The first-order valence-electron chi connectivity index (χ1n) is 10.8. The fourth-order valence-electron chi connectivity index (χ4n) is 3.84. The van der Waals surface area contributed by atoms with Crippen molar-refractivity contribution >= 4 is 11.7 Å². The molecule has 0 aliphatic carbocycles. The van der Waals surface area contributed by atoms with Gasteiger partial charge in [0.1, 0.15) is 11.3 Å². The van der Waals surface area contributed by atoms with Crippen molar-refractivity contribution in [3.8, 4) is 5.75 Å². The van der Waals surface area contributed by atoms with Gasteiger partial charge in [-0.2, -0.15) is 0 Å². The summed E-state index contributed by atoms with van der Waals surface area (Å²) in [4.78, 5) is 16.8. The molecule has 1 aliphatic rings. The minimum absolute atomic E-state index is 0.102. The highest BCUT2D eigenvalue weighted by Crippen LogP contribution is 2.26. The molecule has 30 heavy (non-hydrogen) atoms. The number of aliphatic hydroxyl groups is 1. The van der Waals surface area contributed by atoms with Crippen molar-refractivity contribution in [1.82, 2.24) is 4.90 Å². The van der Waals surface area contributed by atoms with Crippen molar-refractivity contribution < 1.29 is 19.7 Å². The minimum atomic E-state index is -0.659. The third-order valence-electron chi connectivity index (χ3n) is 5.60. The Morgan fingerprint density at radius 3 is 2.50 bits per heavy atom. The van der Waals surface area contributed by atoms with E-state index in [1.165, 1.54) is 17.8 Å². The van der Waals surface area contributed by atoms with Gasteiger partial charge in [-0.3, -0.25) is 4.90 Å². The van der Waals surface area contributed by atoms with Gasteiger partial charge in [0.2, 0.25) is 0 Å². The Morgan fingerprint density at radius 1 is 1.07 bits per heavy atom. The topological polar surface area (TPSA) is 73.2 Å². The molecule has 0 spiro atoms. The van der Waals surface area contributed by atoms with Gasteiger partial charge in [-0.1, -0.05) is 24.3 Å². The smallest absolute Gasteiger partial charge is 0.341 e. The highest BCUT2D eigenvalue weighted by Gasteiger charge is 2.18. The second-order valence-corrected chi connectivity index (χ2v) is 7.67. The highest BCUT2D eigenvalue weighted by molar-refractivity contribution is 5.92. The molecule has 1 saturated heterocycles. The Kier molecular flexibility index (Phi) is 8.11. The number of nitrogens with zero attached hydrogens (tertiary/aromatic N) is 2. The maximum Gasteiger partial charge on any atom is 0.341 e. The van der Waals surface area contributed by atoms with Crippen LogP contribution in [0.1, 0.15) is 48.2 Å². The predicted octanol–water partition coefficient (Wildman–Crippen LogP) is 3.59. The number of rotatable bonds is 9. The molecule has 0 aromatic heterocycles. The molecular weight excluding hydrogens is 380 g/mol. The van der Waals surface area contributed by atoms with Crippen LogP contribution in [0.15, 0.2) is 48.5 Å². The number of carbonyl (C=O) groups is 1. The number of aromatic hydroxyl groups is 1. The summed E-state index contributed by atoms with van der Waals surface area (Å²) >= 11 is 0. The molecule has 2 aromatic rings. The summed E-state index contributed by atoms with van der Waals surface area (Å²) in [6.07, 6.45) is 1.88. The van der Waals surface area contributed by atoms with Crippen molar-refractivity contribution in [3.63, 3.8) is 0 Å². The van der Waals surface area contributed by atoms with Crippen molar-refractivity contribution in [2.24, 2.45) is 0 Å². The molecule has 2 N–H and O–H groups in total. The summed E-state index contributed by atoms with van der Waals surface area (Å²) < 4.78 is 4.96. The number of hydrogen-bond acceptors (Lipinski definition) is 6. The zero-order valence-electron chi connectivity index (χ0n) is 17.7. The molecule has 0 saturated carbocycles. The average Bonchev–Trinajstić information content (AvgIpc) is 2.78. The molecule has 6 nitrogen and oxygen atoms in total. The van der Waals surface area contributed by atoms with Crippen LogP contribution in [-0.2, 0) is 4.74 Å². The van der Waals surface area contributed by atoms with Crippen LogP contribution in [0.25, 0.3) is 0 Å². The summed E-state index contributed by atoms with van der Waals surface area (Å²) in [5, 5.41) is 20.4. The van der Waals surface area contributed by atoms with Gasteiger partial charge in [-0.15, -0.1) is 0 Å². The number of benzene rings is 2. The summed E-state index contributed by atoms with van der Waals surface area (Å²) in [5.74, 6) is -0.697. The second kappa shape index (κ2) is 11.0. The van der Waals surface area contributed by atoms with E-state index in [9.17, 15) is 15.0 Å². The number of carbonyl (C=O) groups excluding carboxylic acids is 1. The average molecular weight is 413 g/mol.